The lowest BCUT2D eigenvalue weighted by Gasteiger charge is -2.35. The van der Waals surface area contributed by atoms with E-state index >= 15 is 0 Å². The number of likely N-dealkylation sites (tertiary alicyclic amines) is 1. The normalized spacial score (nSPS) is 25.4. The number of rotatable bonds is 4. The van der Waals surface area contributed by atoms with E-state index in [1.807, 2.05) is 4.90 Å². The molecule has 2 aliphatic rings. The summed E-state index contributed by atoms with van der Waals surface area (Å²) >= 11 is 12.1. The molecule has 0 aromatic heterocycles. The van der Waals surface area contributed by atoms with Crippen LogP contribution in [0.2, 0.25) is 10.0 Å². The molecule has 166 valence electrons. The molecular formula is C24H27Cl2FN2O2. The molecule has 3 atom stereocenters. The van der Waals surface area contributed by atoms with Crippen LogP contribution >= 0.6 is 23.2 Å². The Balaban J connectivity index is 1.70. The lowest BCUT2D eigenvalue weighted by Crippen LogP contribution is -2.50. The van der Waals surface area contributed by atoms with Crippen molar-refractivity contribution < 1.29 is 14.3 Å². The van der Waals surface area contributed by atoms with E-state index < -0.39 is 24.0 Å². The van der Waals surface area contributed by atoms with E-state index in [0.29, 0.717) is 16.3 Å². The topological polar surface area (TPSA) is 52.6 Å². The molecule has 0 spiro atoms. The van der Waals surface area contributed by atoms with Gasteiger partial charge in [0, 0.05) is 22.7 Å². The van der Waals surface area contributed by atoms with E-state index in [-0.39, 0.29) is 23.4 Å². The fraction of sp³-hybridized carbons (Fsp3) is 0.458. The monoisotopic (exact) mass is 464 g/mol. The first kappa shape index (κ1) is 22.5. The van der Waals surface area contributed by atoms with E-state index in [9.17, 15) is 14.3 Å². The Morgan fingerprint density at radius 1 is 1.06 bits per heavy atom. The van der Waals surface area contributed by atoms with Crippen molar-refractivity contribution in [1.29, 1.82) is 0 Å². The van der Waals surface area contributed by atoms with Crippen molar-refractivity contribution in [3.8, 4) is 0 Å². The number of anilines is 1. The number of amides is 1. The van der Waals surface area contributed by atoms with E-state index in [2.05, 4.69) is 5.32 Å². The molecule has 1 aliphatic carbocycles. The van der Waals surface area contributed by atoms with Gasteiger partial charge in [-0.1, -0.05) is 67.1 Å². The van der Waals surface area contributed by atoms with Crippen molar-refractivity contribution in [3.63, 3.8) is 0 Å². The molecule has 4 nitrogen and oxygen atoms in total. The number of aliphatic hydroxyl groups is 1. The van der Waals surface area contributed by atoms with Gasteiger partial charge in [-0.3, -0.25) is 9.69 Å². The third-order valence-electron chi connectivity index (χ3n) is 6.50. The molecule has 7 heteroatoms. The zero-order chi connectivity index (χ0) is 22.0. The quantitative estimate of drug-likeness (QED) is 0.547. The fourth-order valence-corrected chi connectivity index (χ4v) is 5.47. The van der Waals surface area contributed by atoms with Crippen molar-refractivity contribution in [2.24, 2.45) is 0 Å². The predicted molar refractivity (Wildman–Crippen MR) is 122 cm³/mol. The van der Waals surface area contributed by atoms with Gasteiger partial charge < -0.3 is 10.4 Å². The first-order chi connectivity index (χ1) is 15.0. The Bertz CT molecular complexity index is 934. The van der Waals surface area contributed by atoms with Crippen molar-refractivity contribution >= 4 is 34.8 Å². The number of carbonyl (C=O) groups is 1. The average molecular weight is 465 g/mol. The maximum absolute atomic E-state index is 15.0. The summed E-state index contributed by atoms with van der Waals surface area (Å²) in [5.41, 5.74) is 0.943. The fourth-order valence-electron chi connectivity index (χ4n) is 5.10. The van der Waals surface area contributed by atoms with Crippen LogP contribution in [0.3, 0.4) is 0 Å². The van der Waals surface area contributed by atoms with Crippen LogP contribution in [-0.4, -0.2) is 34.2 Å². The first-order valence-electron chi connectivity index (χ1n) is 10.9. The summed E-state index contributed by atoms with van der Waals surface area (Å²) in [6.07, 6.45) is 5.74. The Hall–Kier alpha value is -1.66. The lowest BCUT2D eigenvalue weighted by atomic mass is 9.90. The van der Waals surface area contributed by atoms with Crippen LogP contribution in [0.15, 0.2) is 42.5 Å². The maximum Gasteiger partial charge on any atom is 0.242 e. The molecule has 1 amide bonds. The van der Waals surface area contributed by atoms with Crippen LogP contribution in [0.25, 0.3) is 0 Å². The summed E-state index contributed by atoms with van der Waals surface area (Å²) in [7, 11) is 0. The SMILES string of the molecule is O=C(Nc1cccc(Cl)c1)C1C(c2cccc(Cl)c2F)C[C@H](O)N1C1CCCCCC1. The van der Waals surface area contributed by atoms with Crippen LogP contribution in [0.1, 0.15) is 56.4 Å². The van der Waals surface area contributed by atoms with Gasteiger partial charge in [-0.15, -0.1) is 0 Å². The van der Waals surface area contributed by atoms with Gasteiger partial charge in [0.2, 0.25) is 5.91 Å². The molecule has 1 aliphatic heterocycles. The molecule has 4 rings (SSSR count). The van der Waals surface area contributed by atoms with Crippen molar-refractivity contribution in [2.45, 2.75) is 69.2 Å². The molecular weight excluding hydrogens is 438 g/mol. The van der Waals surface area contributed by atoms with Crippen LogP contribution in [0.5, 0.6) is 0 Å². The van der Waals surface area contributed by atoms with E-state index in [1.165, 1.54) is 6.07 Å². The molecule has 2 fully saturated rings. The van der Waals surface area contributed by atoms with Crippen LogP contribution in [0.4, 0.5) is 10.1 Å². The summed E-state index contributed by atoms with van der Waals surface area (Å²) in [6.45, 7) is 0. The molecule has 2 aromatic rings. The zero-order valence-corrected chi connectivity index (χ0v) is 18.7. The van der Waals surface area contributed by atoms with E-state index in [4.69, 9.17) is 23.2 Å². The molecule has 2 aromatic carbocycles. The van der Waals surface area contributed by atoms with Crippen LogP contribution in [-0.2, 0) is 4.79 Å². The van der Waals surface area contributed by atoms with Crippen LogP contribution < -0.4 is 5.32 Å². The second kappa shape index (κ2) is 9.86. The van der Waals surface area contributed by atoms with Crippen molar-refractivity contribution in [1.82, 2.24) is 4.90 Å². The minimum Gasteiger partial charge on any atom is -0.378 e. The number of nitrogens with one attached hydrogen (secondary N) is 1. The Morgan fingerprint density at radius 3 is 2.48 bits per heavy atom. The number of benzene rings is 2. The molecule has 1 saturated carbocycles. The number of nitrogens with zero attached hydrogens (tertiary/aromatic N) is 1. The number of aliphatic hydroxyl groups excluding tert-OH is 1. The highest BCUT2D eigenvalue weighted by Gasteiger charge is 2.48. The van der Waals surface area contributed by atoms with Gasteiger partial charge in [0.15, 0.2) is 0 Å². The van der Waals surface area contributed by atoms with Gasteiger partial charge >= 0.3 is 0 Å². The summed E-state index contributed by atoms with van der Waals surface area (Å²) in [6, 6.07) is 11.2. The standard InChI is InChI=1S/C24H27Cl2FN2O2/c25-15-7-5-8-16(13-15)28-24(31)23-19(18-11-6-12-20(26)22(18)27)14-21(30)29(23)17-9-3-1-2-4-10-17/h5-8,11-13,17,19,21,23,30H,1-4,9-10,14H2,(H,28,31)/t19?,21-,23?/m0/s1. The molecule has 2 unspecified atom stereocenters. The Labute approximate surface area is 192 Å². The van der Waals surface area contributed by atoms with Gasteiger partial charge in [0.1, 0.15) is 12.0 Å². The third kappa shape index (κ3) is 4.90. The van der Waals surface area contributed by atoms with Gasteiger partial charge in [-0.25, -0.2) is 4.39 Å². The van der Waals surface area contributed by atoms with Crippen molar-refractivity contribution in [3.05, 3.63) is 63.9 Å². The highest BCUT2D eigenvalue weighted by Crippen LogP contribution is 2.42. The number of halogens is 3. The number of hydrogen-bond donors (Lipinski definition) is 2. The third-order valence-corrected chi connectivity index (χ3v) is 7.03. The summed E-state index contributed by atoms with van der Waals surface area (Å²) < 4.78 is 15.0. The van der Waals surface area contributed by atoms with Gasteiger partial charge in [0.05, 0.1) is 11.1 Å². The Morgan fingerprint density at radius 2 is 1.77 bits per heavy atom. The van der Waals surface area contributed by atoms with Gasteiger partial charge in [0.25, 0.3) is 0 Å². The molecule has 0 radical (unpaired) electrons. The second-order valence-corrected chi connectivity index (χ2v) is 9.35. The molecule has 1 saturated heterocycles. The minimum atomic E-state index is -0.818. The lowest BCUT2D eigenvalue weighted by molar-refractivity contribution is -0.125. The smallest absolute Gasteiger partial charge is 0.242 e. The highest BCUT2D eigenvalue weighted by atomic mass is 35.5. The summed E-state index contributed by atoms with van der Waals surface area (Å²) in [5.74, 6) is -1.30. The average Bonchev–Trinajstić information content (AvgIpc) is 2.90. The minimum absolute atomic E-state index is 0.0221. The Kier molecular flexibility index (Phi) is 7.17. The predicted octanol–water partition coefficient (Wildman–Crippen LogP) is 5.97. The van der Waals surface area contributed by atoms with E-state index in [1.54, 1.807) is 36.4 Å². The molecule has 31 heavy (non-hydrogen) atoms. The number of carbonyl (C=O) groups excluding carboxylic acids is 1. The van der Waals surface area contributed by atoms with E-state index in [0.717, 1.165) is 38.5 Å². The molecule has 0 bridgehead atoms. The second-order valence-electron chi connectivity index (χ2n) is 8.50. The molecule has 1 heterocycles. The largest absolute Gasteiger partial charge is 0.378 e. The maximum atomic E-state index is 15.0. The highest BCUT2D eigenvalue weighted by molar-refractivity contribution is 6.31. The molecule has 2 N–H and O–H groups in total. The van der Waals surface area contributed by atoms with Crippen molar-refractivity contribution in [2.75, 3.05) is 5.32 Å². The van der Waals surface area contributed by atoms with Crippen LogP contribution in [0, 0.1) is 5.82 Å². The summed E-state index contributed by atoms with van der Waals surface area (Å²) in [4.78, 5) is 15.4. The zero-order valence-electron chi connectivity index (χ0n) is 17.2. The number of hydrogen-bond acceptors (Lipinski definition) is 3. The summed E-state index contributed by atoms with van der Waals surface area (Å²) in [5, 5.41) is 14.5. The van der Waals surface area contributed by atoms with Gasteiger partial charge in [-0.05, 0) is 49.1 Å². The van der Waals surface area contributed by atoms with Gasteiger partial charge in [-0.2, -0.15) is 0 Å². The first-order valence-corrected chi connectivity index (χ1v) is 11.7.